The Morgan fingerprint density at radius 2 is 1.00 bits per heavy atom. The lowest BCUT2D eigenvalue weighted by Gasteiger charge is -2.31. The number of carboxylic acids is 1. The van der Waals surface area contributed by atoms with Gasteiger partial charge in [-0.2, -0.15) is 0 Å². The van der Waals surface area contributed by atoms with Crippen LogP contribution in [0.15, 0.2) is 97.2 Å². The number of carbonyl (C=O) groups is 3. The van der Waals surface area contributed by atoms with Crippen LogP contribution >= 0.6 is 0 Å². The molecule has 0 saturated carbocycles. The van der Waals surface area contributed by atoms with E-state index in [2.05, 4.69) is 38.2 Å². The molecule has 0 spiro atoms. The van der Waals surface area contributed by atoms with Gasteiger partial charge in [-0.15, -0.1) is 0 Å². The summed E-state index contributed by atoms with van der Waals surface area (Å²) in [6.45, 7) is 4.49. The van der Waals surface area contributed by atoms with Crippen molar-refractivity contribution >= 4 is 17.9 Å². The summed E-state index contributed by atoms with van der Waals surface area (Å²) in [5, 5.41) is 9.62. The fourth-order valence-electron chi connectivity index (χ4n) is 5.77. The standard InChI is InChI=1S/C49H79NO7/c1-6-8-10-12-14-16-18-20-22-23-24-25-26-28-30-32-34-36-38-40-48(52)57-45(43-55-42-41-46(49(53)54)50(3,4)5)44-56-47(51)39-37-35-33-31-29-27-21-19-17-15-13-11-9-7-2/h8,10,12,14,16,18,20,22-30,45-46H,6-7,9,11,13,15,17,19,21,31-44H2,1-5H3/p+1/b10-8+,14-12+,18-16+,22-20+,24-23+,26-25+,29-27+,30-28+. The lowest BCUT2D eigenvalue weighted by Crippen LogP contribution is -2.50. The lowest BCUT2D eigenvalue weighted by molar-refractivity contribution is -0.887. The first-order valence-corrected chi connectivity index (χ1v) is 21.9. The maximum absolute atomic E-state index is 12.7. The highest BCUT2D eigenvalue weighted by Gasteiger charge is 2.31. The summed E-state index contributed by atoms with van der Waals surface area (Å²) in [5.41, 5.74) is 0. The van der Waals surface area contributed by atoms with Crippen molar-refractivity contribution in [1.29, 1.82) is 0 Å². The molecule has 0 aliphatic carbocycles. The number of hydrogen-bond donors (Lipinski definition) is 1. The van der Waals surface area contributed by atoms with Gasteiger partial charge in [0.05, 0.1) is 34.4 Å². The van der Waals surface area contributed by atoms with E-state index in [1.165, 1.54) is 44.9 Å². The van der Waals surface area contributed by atoms with Crippen molar-refractivity contribution in [1.82, 2.24) is 0 Å². The molecule has 0 aromatic rings. The fraction of sp³-hybridized carbons (Fsp3) is 0.612. The number of unbranched alkanes of at least 4 members (excludes halogenated alkanes) is 13. The Morgan fingerprint density at radius 3 is 1.51 bits per heavy atom. The quantitative estimate of drug-likeness (QED) is 0.0220. The zero-order valence-electron chi connectivity index (χ0n) is 36.5. The Morgan fingerprint density at radius 1 is 0.544 bits per heavy atom. The third-order valence-electron chi connectivity index (χ3n) is 9.16. The molecule has 0 heterocycles. The summed E-state index contributed by atoms with van der Waals surface area (Å²) in [5.74, 6) is -1.56. The summed E-state index contributed by atoms with van der Waals surface area (Å²) in [7, 11) is 5.49. The molecule has 0 saturated heterocycles. The maximum atomic E-state index is 12.7. The number of nitrogens with zero attached hydrogens (tertiary/aromatic N) is 1. The molecule has 1 N–H and O–H groups in total. The molecule has 0 aromatic heterocycles. The molecule has 0 aliphatic heterocycles. The van der Waals surface area contributed by atoms with Gasteiger partial charge in [0, 0.05) is 19.3 Å². The van der Waals surface area contributed by atoms with Crippen molar-refractivity contribution in [2.24, 2.45) is 0 Å². The van der Waals surface area contributed by atoms with E-state index in [1.54, 1.807) is 0 Å². The van der Waals surface area contributed by atoms with Crippen LogP contribution in [-0.2, 0) is 28.6 Å². The SMILES string of the molecule is CC/C=C/C=C/C=C/C=C/C=C/C=C/C=C/CCCCCC(=O)OC(COCCC(C(=O)O)[N+](C)(C)C)COC(=O)CCCCC/C=C/CCCCCCCCC. The number of likely N-dealkylation sites (N-methyl/N-ethyl adjacent to an activating group) is 1. The van der Waals surface area contributed by atoms with Gasteiger partial charge in [-0.05, 0) is 57.8 Å². The van der Waals surface area contributed by atoms with Crippen molar-refractivity contribution in [3.63, 3.8) is 0 Å². The fourth-order valence-corrected chi connectivity index (χ4v) is 5.77. The van der Waals surface area contributed by atoms with E-state index in [1.807, 2.05) is 94.1 Å². The first-order valence-electron chi connectivity index (χ1n) is 21.9. The molecule has 0 aromatic carbocycles. The highest BCUT2D eigenvalue weighted by atomic mass is 16.6. The molecule has 0 rings (SSSR count). The van der Waals surface area contributed by atoms with Crippen LogP contribution in [0.3, 0.4) is 0 Å². The average molecular weight is 795 g/mol. The van der Waals surface area contributed by atoms with E-state index in [0.717, 1.165) is 57.8 Å². The molecule has 2 unspecified atom stereocenters. The summed E-state index contributed by atoms with van der Waals surface area (Å²) in [6, 6.07) is -0.631. The average Bonchev–Trinajstić information content (AvgIpc) is 3.17. The molecular weight excluding hydrogens is 715 g/mol. The Hall–Kier alpha value is -3.75. The van der Waals surface area contributed by atoms with Crippen LogP contribution in [0.25, 0.3) is 0 Å². The van der Waals surface area contributed by atoms with Gasteiger partial charge >= 0.3 is 17.9 Å². The molecule has 0 amide bonds. The highest BCUT2D eigenvalue weighted by Crippen LogP contribution is 2.12. The van der Waals surface area contributed by atoms with Crippen molar-refractivity contribution in [2.75, 3.05) is 41.0 Å². The molecule has 8 heteroatoms. The molecule has 0 aliphatic rings. The van der Waals surface area contributed by atoms with Crippen LogP contribution in [0.2, 0.25) is 0 Å². The van der Waals surface area contributed by atoms with Gasteiger partial charge in [0.2, 0.25) is 0 Å². The topological polar surface area (TPSA) is 99.1 Å². The third kappa shape index (κ3) is 37.6. The zero-order valence-corrected chi connectivity index (χ0v) is 36.5. The van der Waals surface area contributed by atoms with Gasteiger partial charge in [-0.3, -0.25) is 9.59 Å². The highest BCUT2D eigenvalue weighted by molar-refractivity contribution is 5.72. The minimum Gasteiger partial charge on any atom is -0.477 e. The van der Waals surface area contributed by atoms with E-state index in [0.29, 0.717) is 19.3 Å². The van der Waals surface area contributed by atoms with Crippen molar-refractivity contribution in [2.45, 2.75) is 154 Å². The number of ether oxygens (including phenoxy) is 3. The van der Waals surface area contributed by atoms with Crippen LogP contribution in [0, 0.1) is 0 Å². The van der Waals surface area contributed by atoms with Gasteiger partial charge in [0.15, 0.2) is 12.1 Å². The second-order valence-electron chi connectivity index (χ2n) is 15.4. The number of aliphatic carboxylic acids is 1. The van der Waals surface area contributed by atoms with Crippen LogP contribution in [-0.4, -0.2) is 80.6 Å². The number of esters is 2. The van der Waals surface area contributed by atoms with Gasteiger partial charge in [0.1, 0.15) is 6.61 Å². The molecule has 57 heavy (non-hydrogen) atoms. The predicted molar refractivity (Wildman–Crippen MR) is 238 cm³/mol. The monoisotopic (exact) mass is 795 g/mol. The minimum atomic E-state index is -0.890. The number of allylic oxidation sites excluding steroid dienone is 16. The summed E-state index contributed by atoms with van der Waals surface area (Å²) >= 11 is 0. The molecule has 0 bridgehead atoms. The van der Waals surface area contributed by atoms with Crippen molar-refractivity contribution in [3.05, 3.63) is 97.2 Å². The molecule has 2 atom stereocenters. The van der Waals surface area contributed by atoms with Crippen LogP contribution < -0.4 is 0 Å². The molecule has 8 nitrogen and oxygen atoms in total. The van der Waals surface area contributed by atoms with Gasteiger partial charge in [-0.1, -0.05) is 162 Å². The minimum absolute atomic E-state index is 0.0311. The van der Waals surface area contributed by atoms with E-state index >= 15 is 0 Å². The summed E-state index contributed by atoms with van der Waals surface area (Å²) < 4.78 is 17.2. The number of quaternary nitrogens is 1. The third-order valence-corrected chi connectivity index (χ3v) is 9.16. The number of hydrogen-bond acceptors (Lipinski definition) is 6. The Kier molecular flexibility index (Phi) is 36.5. The Balaban J connectivity index is 4.52. The second-order valence-corrected chi connectivity index (χ2v) is 15.4. The van der Waals surface area contributed by atoms with E-state index in [-0.39, 0.29) is 42.7 Å². The number of carboxylic acid groups (broad SMARTS) is 1. The largest absolute Gasteiger partial charge is 0.477 e. The summed E-state index contributed by atoms with van der Waals surface area (Å²) in [6.07, 6.45) is 51.6. The van der Waals surface area contributed by atoms with Crippen molar-refractivity contribution < 1.29 is 38.2 Å². The first-order chi connectivity index (χ1) is 27.6. The van der Waals surface area contributed by atoms with Gasteiger partial charge < -0.3 is 23.8 Å². The van der Waals surface area contributed by atoms with Crippen LogP contribution in [0.1, 0.15) is 142 Å². The Bertz CT molecular complexity index is 1250. The van der Waals surface area contributed by atoms with Crippen molar-refractivity contribution in [3.8, 4) is 0 Å². The first kappa shape index (κ1) is 53.2. The number of carbonyl (C=O) groups excluding carboxylic acids is 2. The zero-order chi connectivity index (χ0) is 42.1. The van der Waals surface area contributed by atoms with Crippen LogP contribution in [0.4, 0.5) is 0 Å². The smallest absolute Gasteiger partial charge is 0.362 e. The second kappa shape index (κ2) is 39.1. The Labute approximate surface area is 347 Å². The predicted octanol–water partition coefficient (Wildman–Crippen LogP) is 11.9. The van der Waals surface area contributed by atoms with Gasteiger partial charge in [0.25, 0.3) is 0 Å². The van der Waals surface area contributed by atoms with Gasteiger partial charge in [-0.25, -0.2) is 4.79 Å². The molecule has 322 valence electrons. The molecular formula is C49H80NO7+. The lowest BCUT2D eigenvalue weighted by atomic mass is 10.1. The molecule has 0 fully saturated rings. The van der Waals surface area contributed by atoms with E-state index in [4.69, 9.17) is 14.2 Å². The number of rotatable bonds is 37. The molecule has 0 radical (unpaired) electrons. The maximum Gasteiger partial charge on any atom is 0.362 e. The van der Waals surface area contributed by atoms with E-state index in [9.17, 15) is 19.5 Å². The van der Waals surface area contributed by atoms with E-state index < -0.39 is 18.1 Å². The summed E-state index contributed by atoms with van der Waals surface area (Å²) in [4.78, 5) is 37.0. The van der Waals surface area contributed by atoms with Crippen LogP contribution in [0.5, 0.6) is 0 Å². The normalized spacial score (nSPS) is 13.9.